The highest BCUT2D eigenvalue weighted by molar-refractivity contribution is 5.56. The average molecular weight is 453 g/mol. The molecule has 0 saturated carbocycles. The largest absolute Gasteiger partial charge is 0.493 e. The van der Waals surface area contributed by atoms with Gasteiger partial charge in [-0.25, -0.2) is 0 Å². The Morgan fingerprint density at radius 3 is 2.09 bits per heavy atom. The molecular weight excluding hydrogens is 420 g/mol. The zero-order valence-electron chi connectivity index (χ0n) is 19.8. The molecule has 0 aliphatic carbocycles. The van der Waals surface area contributed by atoms with E-state index in [4.69, 9.17) is 18.7 Å². The Bertz CT molecular complexity index is 1040. The van der Waals surface area contributed by atoms with Crippen molar-refractivity contribution >= 4 is 0 Å². The Labute approximate surface area is 195 Å². The summed E-state index contributed by atoms with van der Waals surface area (Å²) in [6.07, 6.45) is 1.02. The van der Waals surface area contributed by atoms with Crippen molar-refractivity contribution in [2.75, 3.05) is 47.5 Å². The number of aromatic nitrogens is 2. The van der Waals surface area contributed by atoms with Crippen molar-refractivity contribution in [1.29, 1.82) is 0 Å². The van der Waals surface area contributed by atoms with Crippen LogP contribution in [0, 0.1) is 0 Å². The average Bonchev–Trinajstić information content (AvgIpc) is 3.33. The molecule has 1 fully saturated rings. The Hall–Kier alpha value is -3.10. The van der Waals surface area contributed by atoms with Gasteiger partial charge in [-0.2, -0.15) is 4.98 Å². The number of hydrogen-bond acceptors (Lipinski definition) is 8. The summed E-state index contributed by atoms with van der Waals surface area (Å²) in [4.78, 5) is 9.36. The van der Waals surface area contributed by atoms with E-state index in [9.17, 15) is 0 Å². The maximum Gasteiger partial charge on any atom is 0.241 e. The van der Waals surface area contributed by atoms with E-state index >= 15 is 0 Å². The van der Waals surface area contributed by atoms with Crippen molar-refractivity contribution in [3.8, 4) is 28.6 Å². The first-order chi connectivity index (χ1) is 16.1. The molecule has 2 aromatic carbocycles. The van der Waals surface area contributed by atoms with Gasteiger partial charge in [-0.05, 0) is 18.1 Å². The molecule has 0 bridgehead atoms. The lowest BCUT2D eigenvalue weighted by molar-refractivity contribution is 0.111. The van der Waals surface area contributed by atoms with E-state index in [0.29, 0.717) is 29.8 Å². The highest BCUT2D eigenvalue weighted by Crippen LogP contribution is 2.40. The third-order valence-corrected chi connectivity index (χ3v) is 6.09. The molecule has 0 atom stereocenters. The van der Waals surface area contributed by atoms with Crippen LogP contribution in [0.25, 0.3) is 11.4 Å². The first-order valence-electron chi connectivity index (χ1n) is 11.3. The number of methoxy groups -OCH3 is 3. The second-order valence-electron chi connectivity index (χ2n) is 8.11. The SMILES string of the molecule is CCc1ccc(-c2noc(CN3CCN(Cc4ccc(OC)c(OC)c4OC)CC3)n2)cc1. The second-order valence-corrected chi connectivity index (χ2v) is 8.11. The maximum atomic E-state index is 5.63. The molecular formula is C25H32N4O4. The second kappa shape index (κ2) is 10.7. The number of nitrogens with zero attached hydrogens (tertiary/aromatic N) is 4. The van der Waals surface area contributed by atoms with Crippen molar-refractivity contribution in [2.45, 2.75) is 26.4 Å². The zero-order valence-corrected chi connectivity index (χ0v) is 19.8. The monoisotopic (exact) mass is 452 g/mol. The molecule has 0 radical (unpaired) electrons. The Kier molecular flexibility index (Phi) is 7.47. The summed E-state index contributed by atoms with van der Waals surface area (Å²) in [5, 5.41) is 4.17. The van der Waals surface area contributed by atoms with Gasteiger partial charge >= 0.3 is 0 Å². The van der Waals surface area contributed by atoms with E-state index in [1.807, 2.05) is 12.1 Å². The van der Waals surface area contributed by atoms with Crippen molar-refractivity contribution < 1.29 is 18.7 Å². The summed E-state index contributed by atoms with van der Waals surface area (Å²) in [6.45, 7) is 7.33. The van der Waals surface area contributed by atoms with Gasteiger partial charge in [0.15, 0.2) is 11.5 Å². The van der Waals surface area contributed by atoms with Gasteiger partial charge in [-0.1, -0.05) is 42.4 Å². The van der Waals surface area contributed by atoms with Crippen molar-refractivity contribution in [1.82, 2.24) is 19.9 Å². The lowest BCUT2D eigenvalue weighted by Crippen LogP contribution is -2.45. The summed E-state index contributed by atoms with van der Waals surface area (Å²) >= 11 is 0. The smallest absolute Gasteiger partial charge is 0.241 e. The van der Waals surface area contributed by atoms with E-state index in [1.165, 1.54) is 5.56 Å². The third kappa shape index (κ3) is 5.29. The minimum Gasteiger partial charge on any atom is -0.493 e. The van der Waals surface area contributed by atoms with E-state index < -0.39 is 0 Å². The van der Waals surface area contributed by atoms with Gasteiger partial charge in [-0.15, -0.1) is 0 Å². The fourth-order valence-electron chi connectivity index (χ4n) is 4.15. The topological polar surface area (TPSA) is 73.1 Å². The molecule has 8 nitrogen and oxygen atoms in total. The van der Waals surface area contributed by atoms with Gasteiger partial charge < -0.3 is 18.7 Å². The van der Waals surface area contributed by atoms with E-state index in [0.717, 1.165) is 56.0 Å². The summed E-state index contributed by atoms with van der Waals surface area (Å²) < 4.78 is 22.1. The molecule has 8 heteroatoms. The lowest BCUT2D eigenvalue weighted by atomic mass is 10.1. The number of rotatable bonds is 9. The normalized spacial score (nSPS) is 14.9. The minimum absolute atomic E-state index is 0.632. The molecule has 0 spiro atoms. The van der Waals surface area contributed by atoms with Crippen LogP contribution in [0.2, 0.25) is 0 Å². The molecule has 33 heavy (non-hydrogen) atoms. The summed E-state index contributed by atoms with van der Waals surface area (Å²) in [6, 6.07) is 12.3. The number of piperazine rings is 1. The minimum atomic E-state index is 0.632. The summed E-state index contributed by atoms with van der Waals surface area (Å²) in [7, 11) is 4.92. The first-order valence-corrected chi connectivity index (χ1v) is 11.3. The van der Waals surface area contributed by atoms with Crippen LogP contribution in [0.15, 0.2) is 40.9 Å². The van der Waals surface area contributed by atoms with Crippen LogP contribution in [0.3, 0.4) is 0 Å². The van der Waals surface area contributed by atoms with Gasteiger partial charge in [0.2, 0.25) is 17.5 Å². The van der Waals surface area contributed by atoms with Crippen molar-refractivity contribution in [3.05, 3.63) is 53.4 Å². The molecule has 0 amide bonds. The lowest BCUT2D eigenvalue weighted by Gasteiger charge is -2.34. The van der Waals surface area contributed by atoms with E-state index in [-0.39, 0.29) is 0 Å². The number of benzene rings is 2. The van der Waals surface area contributed by atoms with Crippen LogP contribution < -0.4 is 14.2 Å². The number of aryl methyl sites for hydroxylation is 1. The molecule has 4 rings (SSSR count). The molecule has 1 saturated heterocycles. The zero-order chi connectivity index (χ0) is 23.2. The molecule has 1 aromatic heterocycles. The molecule has 1 aliphatic rings. The quantitative estimate of drug-likeness (QED) is 0.487. The Morgan fingerprint density at radius 1 is 0.818 bits per heavy atom. The Balaban J connectivity index is 1.33. The summed E-state index contributed by atoms with van der Waals surface area (Å²) in [5.74, 6) is 3.33. The fourth-order valence-corrected chi connectivity index (χ4v) is 4.15. The number of hydrogen-bond donors (Lipinski definition) is 0. The van der Waals surface area contributed by atoms with Gasteiger partial charge in [0, 0.05) is 43.9 Å². The van der Waals surface area contributed by atoms with Crippen LogP contribution in [-0.2, 0) is 19.5 Å². The molecule has 2 heterocycles. The molecule has 1 aliphatic heterocycles. The van der Waals surface area contributed by atoms with Crippen LogP contribution in [0.1, 0.15) is 23.9 Å². The standard InChI is InChI=1S/C25H32N4O4/c1-5-18-6-8-19(9-7-18)25-26-22(33-27-25)17-29-14-12-28(13-15-29)16-20-10-11-21(30-2)24(32-4)23(20)31-3/h6-11H,5,12-17H2,1-4H3. The first kappa shape index (κ1) is 23.1. The van der Waals surface area contributed by atoms with Gasteiger partial charge in [-0.3, -0.25) is 9.80 Å². The van der Waals surface area contributed by atoms with Crippen LogP contribution in [0.5, 0.6) is 17.2 Å². The number of ether oxygens (including phenoxy) is 3. The fraction of sp³-hybridized carbons (Fsp3) is 0.440. The van der Waals surface area contributed by atoms with Gasteiger partial charge in [0.05, 0.1) is 27.9 Å². The molecule has 3 aromatic rings. The molecule has 0 N–H and O–H groups in total. The maximum absolute atomic E-state index is 5.63. The van der Waals surface area contributed by atoms with Gasteiger partial charge in [0.25, 0.3) is 0 Å². The molecule has 176 valence electrons. The highest BCUT2D eigenvalue weighted by atomic mass is 16.5. The predicted octanol–water partition coefficient (Wildman–Crippen LogP) is 3.64. The van der Waals surface area contributed by atoms with E-state index in [2.05, 4.69) is 51.1 Å². The van der Waals surface area contributed by atoms with E-state index in [1.54, 1.807) is 21.3 Å². The summed E-state index contributed by atoms with van der Waals surface area (Å²) in [5.41, 5.74) is 3.36. The van der Waals surface area contributed by atoms with Crippen molar-refractivity contribution in [3.63, 3.8) is 0 Å². The predicted molar refractivity (Wildman–Crippen MR) is 126 cm³/mol. The van der Waals surface area contributed by atoms with Crippen LogP contribution in [0.4, 0.5) is 0 Å². The van der Waals surface area contributed by atoms with Gasteiger partial charge in [0.1, 0.15) is 0 Å². The van der Waals surface area contributed by atoms with Crippen LogP contribution >= 0.6 is 0 Å². The molecule has 0 unspecified atom stereocenters. The third-order valence-electron chi connectivity index (χ3n) is 6.09. The Morgan fingerprint density at radius 2 is 1.48 bits per heavy atom. The van der Waals surface area contributed by atoms with Crippen molar-refractivity contribution in [2.24, 2.45) is 0 Å². The highest BCUT2D eigenvalue weighted by Gasteiger charge is 2.22. The van der Waals surface area contributed by atoms with Crippen LogP contribution in [-0.4, -0.2) is 67.4 Å².